The molecule has 0 amide bonds. The van der Waals surface area contributed by atoms with E-state index in [4.69, 9.17) is 5.73 Å². The molecule has 2 rings (SSSR count). The van der Waals surface area contributed by atoms with Crippen molar-refractivity contribution < 1.29 is 8.42 Å². The van der Waals surface area contributed by atoms with Gasteiger partial charge in [0.25, 0.3) is 0 Å². The molecule has 1 aromatic carbocycles. The standard InChI is InChI=1S/C15H23N3O2S/c1-21(19,20)17-11-13(12-7-3-2-4-8-12)14-9-5-6-10-15(16)18-14/h2-4,7-8,13-14,17H,5-6,9-11H2,1H3,(H2,16,18). The van der Waals surface area contributed by atoms with E-state index >= 15 is 0 Å². The summed E-state index contributed by atoms with van der Waals surface area (Å²) in [5.74, 6) is 0.690. The Morgan fingerprint density at radius 3 is 2.71 bits per heavy atom. The van der Waals surface area contributed by atoms with Gasteiger partial charge in [0, 0.05) is 18.9 Å². The van der Waals surface area contributed by atoms with Crippen LogP contribution in [0.2, 0.25) is 0 Å². The van der Waals surface area contributed by atoms with Crippen LogP contribution in [0, 0.1) is 0 Å². The van der Waals surface area contributed by atoms with Gasteiger partial charge in [0.15, 0.2) is 0 Å². The summed E-state index contributed by atoms with van der Waals surface area (Å²) in [6, 6.07) is 9.95. The largest absolute Gasteiger partial charge is 0.387 e. The predicted molar refractivity (Wildman–Crippen MR) is 85.9 cm³/mol. The maximum absolute atomic E-state index is 11.4. The lowest BCUT2D eigenvalue weighted by atomic mass is 9.89. The molecule has 0 radical (unpaired) electrons. The van der Waals surface area contributed by atoms with Crippen molar-refractivity contribution in [3.8, 4) is 0 Å². The van der Waals surface area contributed by atoms with Crippen LogP contribution < -0.4 is 10.5 Å². The first-order valence-electron chi connectivity index (χ1n) is 7.27. The smallest absolute Gasteiger partial charge is 0.208 e. The Balaban J connectivity index is 2.24. The highest BCUT2D eigenvalue weighted by Crippen LogP contribution is 2.27. The second-order valence-electron chi connectivity index (χ2n) is 5.57. The summed E-state index contributed by atoms with van der Waals surface area (Å²) in [6.45, 7) is 0.351. The highest BCUT2D eigenvalue weighted by Gasteiger charge is 2.25. The van der Waals surface area contributed by atoms with Crippen LogP contribution in [0.25, 0.3) is 0 Å². The minimum Gasteiger partial charge on any atom is -0.387 e. The van der Waals surface area contributed by atoms with Crippen LogP contribution in [0.5, 0.6) is 0 Å². The third-order valence-electron chi connectivity index (χ3n) is 3.77. The molecule has 1 aliphatic heterocycles. The molecule has 6 heteroatoms. The fourth-order valence-electron chi connectivity index (χ4n) is 2.71. The molecule has 2 unspecified atom stereocenters. The first-order valence-corrected chi connectivity index (χ1v) is 9.16. The number of hydrogen-bond donors (Lipinski definition) is 2. The molecule has 0 saturated heterocycles. The quantitative estimate of drug-likeness (QED) is 0.867. The molecule has 21 heavy (non-hydrogen) atoms. The van der Waals surface area contributed by atoms with E-state index < -0.39 is 10.0 Å². The topological polar surface area (TPSA) is 84.5 Å². The molecule has 0 aromatic heterocycles. The lowest BCUT2D eigenvalue weighted by Crippen LogP contribution is -2.33. The number of rotatable bonds is 5. The summed E-state index contributed by atoms with van der Waals surface area (Å²) in [4.78, 5) is 4.61. The van der Waals surface area contributed by atoms with Gasteiger partial charge in [-0.2, -0.15) is 0 Å². The summed E-state index contributed by atoms with van der Waals surface area (Å²) in [5.41, 5.74) is 7.03. The van der Waals surface area contributed by atoms with Crippen molar-refractivity contribution in [1.29, 1.82) is 0 Å². The average Bonchev–Trinajstić information content (AvgIpc) is 2.64. The van der Waals surface area contributed by atoms with Crippen LogP contribution in [0.15, 0.2) is 35.3 Å². The van der Waals surface area contributed by atoms with Crippen molar-refractivity contribution in [2.45, 2.75) is 37.6 Å². The Hall–Kier alpha value is -1.40. The summed E-state index contributed by atoms with van der Waals surface area (Å²) >= 11 is 0. The van der Waals surface area contributed by atoms with Gasteiger partial charge in [0.1, 0.15) is 0 Å². The summed E-state index contributed by atoms with van der Waals surface area (Å²) in [7, 11) is -3.22. The average molecular weight is 309 g/mol. The van der Waals surface area contributed by atoms with E-state index in [-0.39, 0.29) is 12.0 Å². The monoisotopic (exact) mass is 309 g/mol. The van der Waals surface area contributed by atoms with E-state index in [1.54, 1.807) is 0 Å². The van der Waals surface area contributed by atoms with E-state index in [1.807, 2.05) is 30.3 Å². The molecule has 116 valence electrons. The second-order valence-corrected chi connectivity index (χ2v) is 7.40. The Bertz CT molecular complexity index is 584. The van der Waals surface area contributed by atoms with Crippen LogP contribution in [0.4, 0.5) is 0 Å². The number of sulfonamides is 1. The van der Waals surface area contributed by atoms with Crippen molar-refractivity contribution in [3.63, 3.8) is 0 Å². The Morgan fingerprint density at radius 1 is 1.33 bits per heavy atom. The molecule has 0 bridgehead atoms. The van der Waals surface area contributed by atoms with Crippen LogP contribution in [0.1, 0.15) is 37.2 Å². The van der Waals surface area contributed by atoms with Gasteiger partial charge in [-0.15, -0.1) is 0 Å². The molecule has 1 aromatic rings. The minimum atomic E-state index is -3.22. The molecule has 0 aliphatic carbocycles. The first kappa shape index (κ1) is 16.0. The van der Waals surface area contributed by atoms with Crippen molar-refractivity contribution in [3.05, 3.63) is 35.9 Å². The van der Waals surface area contributed by atoms with Crippen molar-refractivity contribution >= 4 is 15.9 Å². The van der Waals surface area contributed by atoms with E-state index in [0.717, 1.165) is 31.2 Å². The third kappa shape index (κ3) is 5.13. The number of nitrogens with one attached hydrogen (secondary N) is 1. The Kier molecular flexibility index (Phi) is 5.36. The molecular weight excluding hydrogens is 286 g/mol. The zero-order chi connectivity index (χ0) is 15.3. The number of aliphatic imine (C=N–C) groups is 1. The van der Waals surface area contributed by atoms with Crippen molar-refractivity contribution in [2.24, 2.45) is 10.7 Å². The molecule has 0 saturated carbocycles. The van der Waals surface area contributed by atoms with Gasteiger partial charge in [-0.3, -0.25) is 4.99 Å². The predicted octanol–water partition coefficient (Wildman–Crippen LogP) is 1.62. The molecule has 0 fully saturated rings. The van der Waals surface area contributed by atoms with Gasteiger partial charge in [-0.05, 0) is 18.4 Å². The van der Waals surface area contributed by atoms with E-state index in [1.165, 1.54) is 6.26 Å². The summed E-state index contributed by atoms with van der Waals surface area (Å²) in [5, 5.41) is 0. The lowest BCUT2D eigenvalue weighted by Gasteiger charge is -2.24. The third-order valence-corrected chi connectivity index (χ3v) is 4.46. The maximum Gasteiger partial charge on any atom is 0.208 e. The molecule has 1 aliphatic rings. The van der Waals surface area contributed by atoms with Crippen molar-refractivity contribution in [1.82, 2.24) is 4.72 Å². The van der Waals surface area contributed by atoms with Crippen LogP contribution in [-0.4, -0.2) is 33.1 Å². The van der Waals surface area contributed by atoms with Gasteiger partial charge in [0.05, 0.1) is 18.1 Å². The van der Waals surface area contributed by atoms with E-state index in [0.29, 0.717) is 12.4 Å². The maximum atomic E-state index is 11.4. The fourth-order valence-corrected chi connectivity index (χ4v) is 3.19. The highest BCUT2D eigenvalue weighted by molar-refractivity contribution is 7.88. The van der Waals surface area contributed by atoms with Gasteiger partial charge < -0.3 is 5.73 Å². The fraction of sp³-hybridized carbons (Fsp3) is 0.533. The molecule has 5 nitrogen and oxygen atoms in total. The molecule has 2 atom stereocenters. The highest BCUT2D eigenvalue weighted by atomic mass is 32.2. The molecule has 3 N–H and O–H groups in total. The number of nitrogens with zero attached hydrogens (tertiary/aromatic N) is 1. The molecular formula is C15H23N3O2S. The normalized spacial score (nSPS) is 21.4. The van der Waals surface area contributed by atoms with E-state index in [2.05, 4.69) is 9.71 Å². The summed E-state index contributed by atoms with van der Waals surface area (Å²) < 4.78 is 25.4. The molecule has 1 heterocycles. The zero-order valence-electron chi connectivity index (χ0n) is 12.3. The Morgan fingerprint density at radius 2 is 2.05 bits per heavy atom. The molecule has 0 spiro atoms. The second kappa shape index (κ2) is 7.04. The van der Waals surface area contributed by atoms with E-state index in [9.17, 15) is 8.42 Å². The SMILES string of the molecule is CS(=O)(=O)NCC(c1ccccc1)C1CCCCC(N)=N1. The summed E-state index contributed by atoms with van der Waals surface area (Å²) in [6.07, 6.45) is 5.06. The van der Waals surface area contributed by atoms with Crippen molar-refractivity contribution in [2.75, 3.05) is 12.8 Å². The minimum absolute atomic E-state index is 0.0116. The zero-order valence-corrected chi connectivity index (χ0v) is 13.1. The van der Waals surface area contributed by atoms with Gasteiger partial charge in [0.2, 0.25) is 10.0 Å². The van der Waals surface area contributed by atoms with Crippen LogP contribution in [0.3, 0.4) is 0 Å². The van der Waals surface area contributed by atoms with Gasteiger partial charge in [-0.25, -0.2) is 13.1 Å². The number of amidine groups is 1. The number of hydrogen-bond acceptors (Lipinski definition) is 4. The first-order chi connectivity index (χ1) is 9.96. The van der Waals surface area contributed by atoms with Gasteiger partial charge in [-0.1, -0.05) is 36.8 Å². The number of nitrogens with two attached hydrogens (primary N) is 1. The Labute approximate surface area is 126 Å². The van der Waals surface area contributed by atoms with Crippen LogP contribution >= 0.6 is 0 Å². The number of benzene rings is 1. The lowest BCUT2D eigenvalue weighted by molar-refractivity contribution is 0.483. The van der Waals surface area contributed by atoms with Gasteiger partial charge >= 0.3 is 0 Å². The van der Waals surface area contributed by atoms with Crippen LogP contribution in [-0.2, 0) is 10.0 Å².